The number of hydrogen-bond donors (Lipinski definition) is 5. The summed E-state index contributed by atoms with van der Waals surface area (Å²) in [5.41, 5.74) is 5.40. The van der Waals surface area contributed by atoms with Gasteiger partial charge in [-0.1, -0.05) is 158 Å². The van der Waals surface area contributed by atoms with E-state index < -0.39 is 95.1 Å². The molecule has 0 spiro atoms. The first-order chi connectivity index (χ1) is 37.2. The maximum Gasteiger partial charge on any atom is 0.309 e. The number of carboxylic acid groups (broad SMARTS) is 4. The molecule has 0 aliphatic rings. The Balaban J connectivity index is 0.000000527. The molecule has 0 radical (unpaired) electrons. The first kappa shape index (κ1) is 69.5. The van der Waals surface area contributed by atoms with Crippen molar-refractivity contribution in [3.8, 4) is 5.75 Å². The molecule has 0 saturated heterocycles. The lowest BCUT2D eigenvalue weighted by Crippen LogP contribution is -2.30. The molecular formula is C62H84O17. The van der Waals surface area contributed by atoms with Crippen LogP contribution in [0.2, 0.25) is 0 Å². The monoisotopic (exact) mass is 1100 g/mol. The highest BCUT2D eigenvalue weighted by molar-refractivity contribution is 5.83. The van der Waals surface area contributed by atoms with E-state index >= 15 is 0 Å². The predicted octanol–water partition coefficient (Wildman–Crippen LogP) is 11.2. The maximum atomic E-state index is 12.0. The minimum absolute atomic E-state index is 0.0125. The van der Waals surface area contributed by atoms with Crippen LogP contribution in [0.1, 0.15) is 139 Å². The molecule has 79 heavy (non-hydrogen) atoms. The van der Waals surface area contributed by atoms with Crippen LogP contribution >= 0.6 is 0 Å². The van der Waals surface area contributed by atoms with Crippen LogP contribution in [-0.2, 0) is 57.3 Å². The van der Waals surface area contributed by atoms with Crippen molar-refractivity contribution in [3.63, 3.8) is 0 Å². The molecule has 434 valence electrons. The number of carbonyl (C=O) groups excluding carboxylic acids is 4. The van der Waals surface area contributed by atoms with Crippen LogP contribution < -0.4 is 0 Å². The van der Waals surface area contributed by atoms with E-state index in [2.05, 4.69) is 0 Å². The van der Waals surface area contributed by atoms with Crippen LogP contribution in [0.25, 0.3) is 0 Å². The summed E-state index contributed by atoms with van der Waals surface area (Å²) in [5.74, 6) is -11.0. The summed E-state index contributed by atoms with van der Waals surface area (Å²) in [7, 11) is 3.84. The fourth-order valence-corrected chi connectivity index (χ4v) is 8.74. The van der Waals surface area contributed by atoms with Crippen LogP contribution in [0.5, 0.6) is 5.75 Å². The van der Waals surface area contributed by atoms with Crippen molar-refractivity contribution in [2.75, 3.05) is 27.9 Å². The van der Waals surface area contributed by atoms with E-state index in [1.165, 1.54) is 33.8 Å². The Bertz CT molecular complexity index is 2400. The zero-order chi connectivity index (χ0) is 60.1. The molecule has 4 rings (SSSR count). The van der Waals surface area contributed by atoms with Gasteiger partial charge in [0.2, 0.25) is 0 Å². The average Bonchev–Trinajstić information content (AvgIpc) is 3.44. The number of ether oxygens (including phenoxy) is 4. The molecule has 12 atom stereocenters. The summed E-state index contributed by atoms with van der Waals surface area (Å²) < 4.78 is 19.2. The van der Waals surface area contributed by atoms with Crippen LogP contribution in [0.15, 0.2) is 109 Å². The van der Waals surface area contributed by atoms with Gasteiger partial charge in [0.1, 0.15) is 5.75 Å². The molecule has 0 aromatic heterocycles. The van der Waals surface area contributed by atoms with Crippen LogP contribution in [0, 0.1) is 54.3 Å². The van der Waals surface area contributed by atoms with E-state index in [4.69, 9.17) is 39.4 Å². The number of aromatic hydroxyl groups is 1. The van der Waals surface area contributed by atoms with Gasteiger partial charge in [-0.2, -0.15) is 0 Å². The lowest BCUT2D eigenvalue weighted by atomic mass is 9.83. The average molecular weight is 1100 g/mol. The molecule has 0 aliphatic heterocycles. The van der Waals surface area contributed by atoms with Crippen LogP contribution in [0.4, 0.5) is 0 Å². The van der Waals surface area contributed by atoms with Gasteiger partial charge in [-0.05, 0) is 97.6 Å². The number of aryl methyl sites for hydroxylation is 1. The minimum Gasteiger partial charge on any atom is -0.508 e. The number of carbonyl (C=O) groups is 8. The van der Waals surface area contributed by atoms with Crippen LogP contribution in [0.3, 0.4) is 0 Å². The van der Waals surface area contributed by atoms with Gasteiger partial charge in [0.25, 0.3) is 0 Å². The van der Waals surface area contributed by atoms with Gasteiger partial charge >= 0.3 is 47.8 Å². The van der Waals surface area contributed by atoms with E-state index in [-0.39, 0.29) is 36.0 Å². The number of phenols is 1. The smallest absolute Gasteiger partial charge is 0.309 e. The molecule has 17 nitrogen and oxygen atoms in total. The number of phenolic OH excluding ortho intramolecular Hbond substituents is 1. The Hall–Kier alpha value is -7.56. The van der Waals surface area contributed by atoms with E-state index in [0.29, 0.717) is 25.7 Å². The van der Waals surface area contributed by atoms with Gasteiger partial charge in [0.15, 0.2) is 0 Å². The van der Waals surface area contributed by atoms with Crippen molar-refractivity contribution in [3.05, 3.63) is 137 Å². The third kappa shape index (κ3) is 23.9. The van der Waals surface area contributed by atoms with E-state index in [1.807, 2.05) is 120 Å². The fraction of sp³-hybridized carbons (Fsp3) is 0.484. The van der Waals surface area contributed by atoms with Crippen molar-refractivity contribution in [2.45, 2.75) is 119 Å². The van der Waals surface area contributed by atoms with Crippen molar-refractivity contribution >= 4 is 47.8 Å². The summed E-state index contributed by atoms with van der Waals surface area (Å²) in [6.45, 7) is 18.0. The van der Waals surface area contributed by atoms with E-state index in [9.17, 15) is 43.5 Å². The lowest BCUT2D eigenvalue weighted by Gasteiger charge is -2.22. The second-order valence-corrected chi connectivity index (χ2v) is 20.1. The van der Waals surface area contributed by atoms with Crippen molar-refractivity contribution in [2.24, 2.45) is 47.3 Å². The van der Waals surface area contributed by atoms with Crippen molar-refractivity contribution in [1.82, 2.24) is 0 Å². The van der Waals surface area contributed by atoms with Gasteiger partial charge in [0, 0.05) is 0 Å². The second kappa shape index (κ2) is 35.8. The fourth-order valence-electron chi connectivity index (χ4n) is 8.74. The number of benzene rings is 4. The summed E-state index contributed by atoms with van der Waals surface area (Å²) in [5, 5.41) is 45.7. The molecule has 0 amide bonds. The Morgan fingerprint density at radius 1 is 0.380 bits per heavy atom. The van der Waals surface area contributed by atoms with E-state index in [0.717, 1.165) is 22.3 Å². The Labute approximate surface area is 465 Å². The molecule has 0 bridgehead atoms. The molecule has 0 saturated carbocycles. The molecular weight excluding hydrogens is 1020 g/mol. The molecule has 0 fully saturated rings. The first-order valence-electron chi connectivity index (χ1n) is 26.4. The summed E-state index contributed by atoms with van der Waals surface area (Å²) in [4.78, 5) is 91.7. The summed E-state index contributed by atoms with van der Waals surface area (Å²) >= 11 is 0. The molecule has 5 N–H and O–H groups in total. The predicted molar refractivity (Wildman–Crippen MR) is 298 cm³/mol. The summed E-state index contributed by atoms with van der Waals surface area (Å²) in [6, 6.07) is 34.2. The zero-order valence-electron chi connectivity index (χ0n) is 48.0. The van der Waals surface area contributed by atoms with Crippen LogP contribution in [-0.4, -0.2) is 101 Å². The number of hydrogen-bond acceptors (Lipinski definition) is 13. The first-order valence-corrected chi connectivity index (χ1v) is 26.4. The van der Waals surface area contributed by atoms with Gasteiger partial charge < -0.3 is 44.5 Å². The van der Waals surface area contributed by atoms with E-state index in [1.54, 1.807) is 52.0 Å². The zero-order valence-corrected chi connectivity index (χ0v) is 48.0. The molecule has 17 heteroatoms. The van der Waals surface area contributed by atoms with Gasteiger partial charge in [0.05, 0.1) is 75.3 Å². The topological polar surface area (TPSA) is 275 Å². The van der Waals surface area contributed by atoms with Gasteiger partial charge in [-0.15, -0.1) is 0 Å². The number of methoxy groups -OCH3 is 3. The molecule has 0 heterocycles. The highest BCUT2D eigenvalue weighted by atomic mass is 16.5. The Morgan fingerprint density at radius 2 is 0.620 bits per heavy atom. The number of aliphatic carboxylic acids is 4. The van der Waals surface area contributed by atoms with Gasteiger partial charge in [-0.25, -0.2) is 0 Å². The highest BCUT2D eigenvalue weighted by Gasteiger charge is 2.36. The lowest BCUT2D eigenvalue weighted by molar-refractivity contribution is -0.157. The number of rotatable bonds is 25. The van der Waals surface area contributed by atoms with Crippen molar-refractivity contribution in [1.29, 1.82) is 0 Å². The number of esters is 4. The number of carboxylic acids is 4. The third-order valence-corrected chi connectivity index (χ3v) is 14.3. The minimum atomic E-state index is -1.02. The Kier molecular flexibility index (Phi) is 31.5. The molecule has 4 aromatic rings. The standard InChI is InChI=1S/2C16H22O4.C15H20O5.C15H20O4/c1-10-5-7-13(8-6-10)11(2)9-14(16(19)20-4)12(3)15(17)18;1-4-20-16(19)14(12(3)15(17)18)10-11(2)13-8-6-5-7-9-13;1-9(11-4-6-12(16)7-5-11)8-13(15(19)20-3)10(2)14(17)18;1-10(12-7-5-4-6-8-12)9-13(15(18)19-3)11(2)14(16)17/h5-8,11-12,14H,9H2,1-4H3,(H,17,18);5-9,11-12,14H,4,10H2,1-3H3,(H,17,18);4-7,9-10,13,16H,8H2,1-3H3,(H,17,18);4-8,10-11,13H,9H2,1-3H3,(H,16,17). The SMILES string of the molecule is CCOC(=O)C(CC(C)c1ccccc1)C(C)C(=O)O.COC(=O)C(CC(C)c1ccc(C)cc1)C(C)C(=O)O.COC(=O)C(CC(C)c1ccc(O)cc1)C(C)C(=O)O.COC(=O)C(CC(C)c1ccccc1)C(C)C(=O)O. The second-order valence-electron chi connectivity index (χ2n) is 20.1. The molecule has 12 unspecified atom stereocenters. The largest absolute Gasteiger partial charge is 0.508 e. The highest BCUT2D eigenvalue weighted by Crippen LogP contribution is 2.33. The molecule has 4 aromatic carbocycles. The quantitative estimate of drug-likeness (QED) is 0.0305. The molecule has 0 aliphatic carbocycles. The van der Waals surface area contributed by atoms with Gasteiger partial charge in [-0.3, -0.25) is 38.4 Å². The third-order valence-electron chi connectivity index (χ3n) is 14.3. The summed E-state index contributed by atoms with van der Waals surface area (Å²) in [6.07, 6.45) is 1.77. The Morgan fingerprint density at radius 3 is 0.861 bits per heavy atom. The van der Waals surface area contributed by atoms with Crippen molar-refractivity contribution < 1.29 is 82.8 Å². The normalized spacial score (nSPS) is 15.2. The maximum absolute atomic E-state index is 12.0.